The minimum atomic E-state index is -0.501. The second-order valence-corrected chi connectivity index (χ2v) is 6.56. The molecule has 2 aromatic carbocycles. The number of rotatable bonds is 6. The first-order valence-corrected chi connectivity index (χ1v) is 9.03. The summed E-state index contributed by atoms with van der Waals surface area (Å²) in [4.78, 5) is 16.4. The average molecular weight is 390 g/mol. The van der Waals surface area contributed by atoms with Crippen molar-refractivity contribution in [1.29, 1.82) is 0 Å². The van der Waals surface area contributed by atoms with Crippen LogP contribution in [0.2, 0.25) is 10.0 Å². The van der Waals surface area contributed by atoms with Gasteiger partial charge in [-0.2, -0.15) is 0 Å². The van der Waals surface area contributed by atoms with Crippen molar-refractivity contribution in [2.45, 2.75) is 19.8 Å². The fraction of sp³-hybridized carbons (Fsp3) is 0.200. The number of halogens is 2. The summed E-state index contributed by atoms with van der Waals surface area (Å²) in [6.45, 7) is 2.79. The lowest BCUT2D eigenvalue weighted by molar-refractivity contribution is 0.309. The number of ether oxygens (including phenoxy) is 1. The third kappa shape index (κ3) is 4.45. The van der Waals surface area contributed by atoms with Crippen molar-refractivity contribution in [1.82, 2.24) is 4.98 Å². The van der Waals surface area contributed by atoms with E-state index in [2.05, 4.69) is 11.9 Å². The zero-order valence-corrected chi connectivity index (χ0v) is 15.7. The Kier molecular flexibility index (Phi) is 5.96. The van der Waals surface area contributed by atoms with E-state index in [0.717, 1.165) is 18.6 Å². The van der Waals surface area contributed by atoms with Gasteiger partial charge in [0.2, 0.25) is 5.89 Å². The molecule has 6 heteroatoms. The number of benzene rings is 2. The lowest BCUT2D eigenvalue weighted by Crippen LogP contribution is -2.02. The van der Waals surface area contributed by atoms with Crippen molar-refractivity contribution in [3.63, 3.8) is 0 Å². The van der Waals surface area contributed by atoms with Gasteiger partial charge in [-0.3, -0.25) is 0 Å². The molecule has 4 nitrogen and oxygen atoms in total. The minimum absolute atomic E-state index is 0.221. The van der Waals surface area contributed by atoms with E-state index in [9.17, 15) is 4.79 Å². The number of hydrogen-bond donors (Lipinski definition) is 0. The number of hydrogen-bond acceptors (Lipinski definition) is 4. The van der Waals surface area contributed by atoms with Crippen LogP contribution in [0.5, 0.6) is 5.75 Å². The van der Waals surface area contributed by atoms with Gasteiger partial charge in [0.25, 0.3) is 0 Å². The Balaban J connectivity index is 1.91. The Morgan fingerprint density at radius 2 is 1.85 bits per heavy atom. The van der Waals surface area contributed by atoms with Crippen molar-refractivity contribution in [2.24, 2.45) is 0 Å². The summed E-state index contributed by atoms with van der Waals surface area (Å²) < 4.78 is 10.9. The van der Waals surface area contributed by atoms with Crippen LogP contribution in [0.1, 0.15) is 19.8 Å². The molecule has 26 heavy (non-hydrogen) atoms. The summed E-state index contributed by atoms with van der Waals surface area (Å²) in [6, 6.07) is 13.6. The van der Waals surface area contributed by atoms with Gasteiger partial charge in [0.1, 0.15) is 5.75 Å². The van der Waals surface area contributed by atoms with Gasteiger partial charge in [-0.1, -0.05) is 36.5 Å². The van der Waals surface area contributed by atoms with E-state index in [4.69, 9.17) is 32.4 Å². The molecule has 1 aromatic heterocycles. The zero-order chi connectivity index (χ0) is 18.5. The predicted octanol–water partition coefficient (Wildman–Crippen LogP) is 5.85. The first-order valence-electron chi connectivity index (χ1n) is 8.27. The summed E-state index contributed by atoms with van der Waals surface area (Å²) >= 11 is 12.1. The summed E-state index contributed by atoms with van der Waals surface area (Å²) in [5.74, 6) is 0.986. The molecule has 0 atom stereocenters. The second kappa shape index (κ2) is 8.39. The highest BCUT2D eigenvalue weighted by Gasteiger charge is 2.11. The van der Waals surface area contributed by atoms with E-state index in [1.807, 2.05) is 12.1 Å². The molecule has 0 N–H and O–H groups in total. The van der Waals surface area contributed by atoms with Crippen molar-refractivity contribution in [3.8, 4) is 28.5 Å². The molecular weight excluding hydrogens is 373 g/mol. The van der Waals surface area contributed by atoms with E-state index in [-0.39, 0.29) is 5.89 Å². The van der Waals surface area contributed by atoms with Crippen LogP contribution in [0.25, 0.3) is 22.7 Å². The van der Waals surface area contributed by atoms with E-state index < -0.39 is 5.63 Å². The van der Waals surface area contributed by atoms with Crippen molar-refractivity contribution in [3.05, 3.63) is 69.0 Å². The molecule has 0 saturated heterocycles. The van der Waals surface area contributed by atoms with Crippen molar-refractivity contribution >= 4 is 23.2 Å². The molecular formula is C20H17Cl2NO3. The molecule has 134 valence electrons. The van der Waals surface area contributed by atoms with Gasteiger partial charge in [0.05, 0.1) is 23.4 Å². The van der Waals surface area contributed by atoms with Crippen molar-refractivity contribution in [2.75, 3.05) is 6.61 Å². The van der Waals surface area contributed by atoms with Gasteiger partial charge in [0, 0.05) is 16.1 Å². The first kappa shape index (κ1) is 18.5. The summed E-state index contributed by atoms with van der Waals surface area (Å²) in [6.07, 6.45) is 2.08. The van der Waals surface area contributed by atoms with Crippen molar-refractivity contribution < 1.29 is 9.15 Å². The largest absolute Gasteiger partial charge is 0.494 e. The molecule has 0 aliphatic rings. The fourth-order valence-electron chi connectivity index (χ4n) is 2.39. The summed E-state index contributed by atoms with van der Waals surface area (Å²) in [5.41, 5.74) is 1.22. The number of unbranched alkanes of at least 4 members (excludes halogenated alkanes) is 1. The molecule has 0 amide bonds. The normalized spacial score (nSPS) is 10.7. The Morgan fingerprint density at radius 3 is 2.54 bits per heavy atom. The monoisotopic (exact) mass is 389 g/mol. The predicted molar refractivity (Wildman–Crippen MR) is 104 cm³/mol. The van der Waals surface area contributed by atoms with E-state index in [1.165, 1.54) is 6.07 Å². The van der Waals surface area contributed by atoms with Gasteiger partial charge in [-0.25, -0.2) is 9.78 Å². The quantitative estimate of drug-likeness (QED) is 0.495. The lowest BCUT2D eigenvalue weighted by Gasteiger charge is -2.07. The smallest absolute Gasteiger partial charge is 0.339 e. The maximum atomic E-state index is 12.0. The van der Waals surface area contributed by atoms with Crippen LogP contribution in [-0.2, 0) is 0 Å². The summed E-state index contributed by atoms with van der Waals surface area (Å²) in [5, 5.41) is 0.932. The van der Waals surface area contributed by atoms with E-state index >= 15 is 0 Å². The summed E-state index contributed by atoms with van der Waals surface area (Å²) in [7, 11) is 0. The molecule has 0 radical (unpaired) electrons. The average Bonchev–Trinajstić information content (AvgIpc) is 2.62. The van der Waals surface area contributed by atoms with Crippen LogP contribution in [0.3, 0.4) is 0 Å². The Labute approximate surface area is 161 Å². The molecule has 0 aliphatic carbocycles. The Hall–Kier alpha value is -2.30. The highest BCUT2D eigenvalue weighted by atomic mass is 35.5. The molecule has 1 heterocycles. The Morgan fingerprint density at radius 1 is 1.08 bits per heavy atom. The molecule has 3 rings (SSSR count). The van der Waals surface area contributed by atoms with Crippen LogP contribution in [0, 0.1) is 0 Å². The molecule has 0 spiro atoms. The SMILES string of the molecule is CCCCOc1ccc(-c2nc(-c3ccc(Cl)cc3Cl)cc(=O)o2)cc1. The standard InChI is InChI=1S/C20H17Cl2NO3/c1-2-3-10-25-15-7-4-13(5-8-15)20-23-18(12-19(24)26-20)16-9-6-14(21)11-17(16)22/h4-9,11-12H,2-3,10H2,1H3. The maximum absolute atomic E-state index is 12.0. The van der Waals surface area contributed by atoms with Crippen LogP contribution in [0.4, 0.5) is 0 Å². The van der Waals surface area contributed by atoms with Crippen LogP contribution in [0.15, 0.2) is 57.7 Å². The molecule has 0 unspecified atom stereocenters. The zero-order valence-electron chi connectivity index (χ0n) is 14.2. The molecule has 0 fully saturated rings. The highest BCUT2D eigenvalue weighted by molar-refractivity contribution is 6.36. The third-order valence-corrected chi connectivity index (χ3v) is 4.30. The third-order valence-electron chi connectivity index (χ3n) is 3.75. The highest BCUT2D eigenvalue weighted by Crippen LogP contribution is 2.30. The first-order chi connectivity index (χ1) is 12.6. The van der Waals surface area contributed by atoms with Gasteiger partial charge in [0.15, 0.2) is 0 Å². The van der Waals surface area contributed by atoms with Crippen LogP contribution in [-0.4, -0.2) is 11.6 Å². The second-order valence-electron chi connectivity index (χ2n) is 5.72. The topological polar surface area (TPSA) is 52.3 Å². The molecule has 0 bridgehead atoms. The number of aromatic nitrogens is 1. The number of nitrogens with zero attached hydrogens (tertiary/aromatic N) is 1. The van der Waals surface area contributed by atoms with E-state index in [1.54, 1.807) is 30.3 Å². The molecule has 3 aromatic rings. The minimum Gasteiger partial charge on any atom is -0.494 e. The fourth-order valence-corrected chi connectivity index (χ4v) is 2.89. The van der Waals surface area contributed by atoms with Crippen LogP contribution >= 0.6 is 23.2 Å². The molecule has 0 aliphatic heterocycles. The Bertz CT molecular complexity index is 952. The van der Waals surface area contributed by atoms with Gasteiger partial charge >= 0.3 is 5.63 Å². The van der Waals surface area contributed by atoms with Gasteiger partial charge < -0.3 is 9.15 Å². The lowest BCUT2D eigenvalue weighted by atomic mass is 10.1. The van der Waals surface area contributed by atoms with Gasteiger partial charge in [-0.15, -0.1) is 0 Å². The van der Waals surface area contributed by atoms with Gasteiger partial charge in [-0.05, 0) is 48.9 Å². The maximum Gasteiger partial charge on any atom is 0.339 e. The molecule has 0 saturated carbocycles. The van der Waals surface area contributed by atoms with Crippen LogP contribution < -0.4 is 10.4 Å². The van der Waals surface area contributed by atoms with E-state index in [0.29, 0.717) is 33.5 Å².